The van der Waals surface area contributed by atoms with Crippen molar-refractivity contribution in [2.75, 3.05) is 18.0 Å². The Balaban J connectivity index is 2.31. The molecule has 4 nitrogen and oxygen atoms in total. The predicted molar refractivity (Wildman–Crippen MR) is 68.5 cm³/mol. The maximum atomic E-state index is 5.69. The summed E-state index contributed by atoms with van der Waals surface area (Å²) in [5, 5.41) is 8.07. The Kier molecular flexibility index (Phi) is 2.80. The summed E-state index contributed by atoms with van der Waals surface area (Å²) in [6.07, 6.45) is 2.78. The normalized spacial score (nSPS) is 18.8. The van der Waals surface area contributed by atoms with Crippen molar-refractivity contribution in [2.45, 2.75) is 20.3 Å². The molecule has 1 saturated heterocycles. The van der Waals surface area contributed by atoms with E-state index < -0.39 is 0 Å². The van der Waals surface area contributed by atoms with Crippen LogP contribution in [0.15, 0.2) is 12.3 Å². The van der Waals surface area contributed by atoms with Crippen molar-refractivity contribution in [3.05, 3.63) is 17.8 Å². The lowest BCUT2D eigenvalue weighted by molar-refractivity contribution is 0.418. The molecule has 5 heteroatoms. The first kappa shape index (κ1) is 11.3. The minimum atomic E-state index is 0.324. The zero-order valence-electron chi connectivity index (χ0n) is 9.60. The summed E-state index contributed by atoms with van der Waals surface area (Å²) in [6.45, 7) is 6.47. The fourth-order valence-corrected chi connectivity index (χ4v) is 2.20. The maximum absolute atomic E-state index is 5.69. The van der Waals surface area contributed by atoms with E-state index in [0.29, 0.717) is 10.4 Å². The number of hydrogen-bond donors (Lipinski definition) is 1. The van der Waals surface area contributed by atoms with E-state index in [-0.39, 0.29) is 0 Å². The van der Waals surface area contributed by atoms with Crippen LogP contribution in [0.25, 0.3) is 0 Å². The number of nitrogens with zero attached hydrogens (tertiary/aromatic N) is 3. The van der Waals surface area contributed by atoms with Crippen LogP contribution in [-0.4, -0.2) is 28.3 Å². The van der Waals surface area contributed by atoms with Crippen molar-refractivity contribution in [3.8, 4) is 0 Å². The second kappa shape index (κ2) is 3.97. The minimum Gasteiger partial charge on any atom is -0.389 e. The van der Waals surface area contributed by atoms with Crippen LogP contribution in [-0.2, 0) is 0 Å². The average Bonchev–Trinajstić information content (AvgIpc) is 2.59. The summed E-state index contributed by atoms with van der Waals surface area (Å²) in [4.78, 5) is 2.59. The first-order valence-corrected chi connectivity index (χ1v) is 5.77. The van der Waals surface area contributed by atoms with Crippen LogP contribution in [0.4, 0.5) is 5.82 Å². The van der Waals surface area contributed by atoms with Gasteiger partial charge in [0.05, 0.1) is 11.8 Å². The monoisotopic (exact) mass is 236 g/mol. The minimum absolute atomic E-state index is 0.324. The number of hydrogen-bond acceptors (Lipinski definition) is 4. The van der Waals surface area contributed by atoms with Crippen LogP contribution in [0.1, 0.15) is 25.8 Å². The first-order valence-electron chi connectivity index (χ1n) is 5.36. The summed E-state index contributed by atoms with van der Waals surface area (Å²) in [5.41, 5.74) is 6.83. The lowest BCUT2D eigenvalue weighted by Crippen LogP contribution is -2.27. The second-order valence-electron chi connectivity index (χ2n) is 4.97. The second-order valence-corrected chi connectivity index (χ2v) is 5.41. The lowest BCUT2D eigenvalue weighted by atomic mass is 9.93. The maximum Gasteiger partial charge on any atom is 0.161 e. The molecule has 2 rings (SSSR count). The highest BCUT2D eigenvalue weighted by molar-refractivity contribution is 7.80. The molecule has 0 radical (unpaired) electrons. The number of thiocarbonyl (C=S) groups is 1. The van der Waals surface area contributed by atoms with Gasteiger partial charge < -0.3 is 10.6 Å². The van der Waals surface area contributed by atoms with E-state index in [2.05, 4.69) is 28.9 Å². The van der Waals surface area contributed by atoms with Gasteiger partial charge in [-0.2, -0.15) is 5.10 Å². The topological polar surface area (TPSA) is 55.0 Å². The van der Waals surface area contributed by atoms with E-state index in [9.17, 15) is 0 Å². The Hall–Kier alpha value is -1.23. The number of rotatable bonds is 2. The summed E-state index contributed by atoms with van der Waals surface area (Å²) < 4.78 is 0. The van der Waals surface area contributed by atoms with Gasteiger partial charge in [0.25, 0.3) is 0 Å². The van der Waals surface area contributed by atoms with Crippen molar-refractivity contribution in [1.29, 1.82) is 0 Å². The zero-order chi connectivity index (χ0) is 11.8. The lowest BCUT2D eigenvalue weighted by Gasteiger charge is -2.21. The molecule has 2 heterocycles. The third-order valence-corrected chi connectivity index (χ3v) is 3.16. The average molecular weight is 236 g/mol. The Labute approximate surface area is 101 Å². The van der Waals surface area contributed by atoms with E-state index in [4.69, 9.17) is 18.0 Å². The predicted octanol–water partition coefficient (Wildman–Crippen LogP) is 1.35. The van der Waals surface area contributed by atoms with E-state index in [1.54, 1.807) is 6.20 Å². The number of anilines is 1. The van der Waals surface area contributed by atoms with Crippen molar-refractivity contribution < 1.29 is 0 Å². The van der Waals surface area contributed by atoms with Crippen LogP contribution >= 0.6 is 12.2 Å². The quantitative estimate of drug-likeness (QED) is 0.785. The number of nitrogens with two attached hydrogens (primary N) is 1. The molecule has 16 heavy (non-hydrogen) atoms. The molecule has 0 saturated carbocycles. The molecule has 0 amide bonds. The third kappa shape index (κ3) is 2.14. The van der Waals surface area contributed by atoms with Gasteiger partial charge in [-0.05, 0) is 17.9 Å². The zero-order valence-corrected chi connectivity index (χ0v) is 10.4. The Morgan fingerprint density at radius 1 is 1.56 bits per heavy atom. The van der Waals surface area contributed by atoms with Gasteiger partial charge >= 0.3 is 0 Å². The molecule has 0 bridgehead atoms. The van der Waals surface area contributed by atoms with Crippen LogP contribution < -0.4 is 10.6 Å². The van der Waals surface area contributed by atoms with Crippen LogP contribution in [0, 0.1) is 5.41 Å². The van der Waals surface area contributed by atoms with E-state index in [0.717, 1.165) is 30.9 Å². The Morgan fingerprint density at radius 3 is 2.88 bits per heavy atom. The Morgan fingerprint density at radius 2 is 2.31 bits per heavy atom. The fraction of sp³-hybridized carbons (Fsp3) is 0.545. The van der Waals surface area contributed by atoms with Gasteiger partial charge in [0, 0.05) is 13.1 Å². The number of aromatic nitrogens is 2. The Bertz CT molecular complexity index is 416. The largest absolute Gasteiger partial charge is 0.389 e. The smallest absolute Gasteiger partial charge is 0.161 e. The van der Waals surface area contributed by atoms with Crippen molar-refractivity contribution in [2.24, 2.45) is 11.1 Å². The first-order chi connectivity index (χ1) is 7.49. The molecule has 86 valence electrons. The SMILES string of the molecule is CC1(C)CCN(c2nnccc2C(N)=S)C1. The van der Waals surface area contributed by atoms with Gasteiger partial charge in [0.2, 0.25) is 0 Å². The molecular weight excluding hydrogens is 220 g/mol. The van der Waals surface area contributed by atoms with Gasteiger partial charge in [-0.25, -0.2) is 0 Å². The molecule has 1 aromatic rings. The van der Waals surface area contributed by atoms with Crippen LogP contribution in [0.3, 0.4) is 0 Å². The van der Waals surface area contributed by atoms with Crippen LogP contribution in [0.5, 0.6) is 0 Å². The molecule has 1 aliphatic heterocycles. The van der Waals surface area contributed by atoms with E-state index in [1.807, 2.05) is 6.07 Å². The highest BCUT2D eigenvalue weighted by Crippen LogP contribution is 2.32. The summed E-state index contributed by atoms with van der Waals surface area (Å²) >= 11 is 5.03. The highest BCUT2D eigenvalue weighted by Gasteiger charge is 2.31. The van der Waals surface area contributed by atoms with Gasteiger partial charge in [-0.15, -0.1) is 5.10 Å². The molecule has 0 aromatic carbocycles. The van der Waals surface area contributed by atoms with Gasteiger partial charge in [-0.1, -0.05) is 26.1 Å². The molecule has 1 aromatic heterocycles. The van der Waals surface area contributed by atoms with Gasteiger partial charge in [0.1, 0.15) is 4.99 Å². The van der Waals surface area contributed by atoms with Crippen molar-refractivity contribution in [3.63, 3.8) is 0 Å². The van der Waals surface area contributed by atoms with Crippen molar-refractivity contribution >= 4 is 23.0 Å². The molecule has 1 fully saturated rings. The molecule has 0 aliphatic carbocycles. The highest BCUT2D eigenvalue weighted by atomic mass is 32.1. The molecule has 0 spiro atoms. The molecule has 0 unspecified atom stereocenters. The molecular formula is C11H16N4S. The molecule has 2 N–H and O–H groups in total. The summed E-state index contributed by atoms with van der Waals surface area (Å²) in [7, 11) is 0. The standard InChI is InChI=1S/C11H16N4S/c1-11(2)4-6-15(7-11)10-8(9(12)16)3-5-13-14-10/h3,5H,4,6-7H2,1-2H3,(H2,12,16). The summed E-state index contributed by atoms with van der Waals surface area (Å²) in [6, 6.07) is 1.83. The summed E-state index contributed by atoms with van der Waals surface area (Å²) in [5.74, 6) is 0.820. The van der Waals surface area contributed by atoms with Gasteiger partial charge in [0.15, 0.2) is 5.82 Å². The van der Waals surface area contributed by atoms with E-state index in [1.165, 1.54) is 0 Å². The fourth-order valence-electron chi connectivity index (χ4n) is 2.04. The van der Waals surface area contributed by atoms with Crippen LogP contribution in [0.2, 0.25) is 0 Å². The molecule has 1 aliphatic rings. The third-order valence-electron chi connectivity index (χ3n) is 2.94. The molecule has 0 atom stereocenters. The van der Waals surface area contributed by atoms with Gasteiger partial charge in [-0.3, -0.25) is 0 Å². The van der Waals surface area contributed by atoms with E-state index >= 15 is 0 Å². The van der Waals surface area contributed by atoms with Crippen molar-refractivity contribution in [1.82, 2.24) is 10.2 Å².